The van der Waals surface area contributed by atoms with Crippen LogP contribution in [0.2, 0.25) is 0 Å². The molecule has 0 saturated heterocycles. The van der Waals surface area contributed by atoms with Gasteiger partial charge in [0.25, 0.3) is 0 Å². The molecule has 0 aliphatic rings. The minimum atomic E-state index is 1.14. The molecule has 0 amide bonds. The van der Waals surface area contributed by atoms with Gasteiger partial charge in [0.15, 0.2) is 0 Å². The third-order valence-electron chi connectivity index (χ3n) is 2.70. The molecule has 0 spiro atoms. The Morgan fingerprint density at radius 1 is 0.875 bits per heavy atom. The third kappa shape index (κ3) is 8.52. The molecule has 0 nitrogen and oxygen atoms in total. The fourth-order valence-corrected chi connectivity index (χ4v) is 1.61. The Morgan fingerprint density at radius 2 is 1.50 bits per heavy atom. The predicted molar refractivity (Wildman–Crippen MR) is 75.0 cm³/mol. The molecular formula is C16H28. The van der Waals surface area contributed by atoms with E-state index in [0.29, 0.717) is 0 Å². The van der Waals surface area contributed by atoms with E-state index in [1.807, 2.05) is 0 Å². The van der Waals surface area contributed by atoms with E-state index in [0.717, 1.165) is 6.42 Å². The summed E-state index contributed by atoms with van der Waals surface area (Å²) in [7, 11) is 0. The second kappa shape index (κ2) is 10.7. The summed E-state index contributed by atoms with van der Waals surface area (Å²) in [6, 6.07) is 8.61. The first-order valence-electron chi connectivity index (χ1n) is 6.80. The molecule has 92 valence electrons. The normalized spacial score (nSPS) is 9.50. The highest BCUT2D eigenvalue weighted by Crippen LogP contribution is 2.03. The van der Waals surface area contributed by atoms with Gasteiger partial charge in [0, 0.05) is 0 Å². The molecular weight excluding hydrogens is 192 g/mol. The summed E-state index contributed by atoms with van der Waals surface area (Å²) in [6.07, 6.45) is 8.15. The van der Waals surface area contributed by atoms with E-state index in [9.17, 15) is 0 Å². The lowest BCUT2D eigenvalue weighted by Gasteiger charge is -1.95. The van der Waals surface area contributed by atoms with Crippen LogP contribution < -0.4 is 0 Å². The molecule has 0 aromatic heterocycles. The number of benzene rings is 1. The van der Waals surface area contributed by atoms with Crippen molar-refractivity contribution in [2.75, 3.05) is 0 Å². The minimum Gasteiger partial charge on any atom is -0.0654 e. The van der Waals surface area contributed by atoms with Crippen LogP contribution in [0.4, 0.5) is 0 Å². The van der Waals surface area contributed by atoms with Crippen molar-refractivity contribution < 1.29 is 0 Å². The maximum absolute atomic E-state index is 2.25. The number of rotatable bonds is 5. The van der Waals surface area contributed by atoms with Crippen LogP contribution in [0, 0.1) is 6.92 Å². The molecule has 0 heterocycles. The smallest absolute Gasteiger partial charge is 0.0307 e. The summed E-state index contributed by atoms with van der Waals surface area (Å²) >= 11 is 0. The molecule has 0 atom stereocenters. The summed E-state index contributed by atoms with van der Waals surface area (Å²) in [5.74, 6) is 0. The van der Waals surface area contributed by atoms with Crippen LogP contribution in [0.5, 0.6) is 0 Å². The van der Waals surface area contributed by atoms with E-state index in [4.69, 9.17) is 0 Å². The van der Waals surface area contributed by atoms with Crippen molar-refractivity contribution in [3.05, 3.63) is 35.4 Å². The van der Waals surface area contributed by atoms with Crippen LogP contribution in [0.15, 0.2) is 24.3 Å². The van der Waals surface area contributed by atoms with Crippen LogP contribution in [-0.4, -0.2) is 0 Å². The SMILES string of the molecule is CCCCCCC.CCc1cccc(C)c1. The van der Waals surface area contributed by atoms with E-state index >= 15 is 0 Å². The Kier molecular flexibility index (Phi) is 10.2. The topological polar surface area (TPSA) is 0 Å². The van der Waals surface area contributed by atoms with Crippen molar-refractivity contribution in [3.8, 4) is 0 Å². The van der Waals surface area contributed by atoms with Crippen LogP contribution in [0.25, 0.3) is 0 Å². The monoisotopic (exact) mass is 220 g/mol. The molecule has 1 aromatic rings. The lowest BCUT2D eigenvalue weighted by molar-refractivity contribution is 0.656. The summed E-state index contributed by atoms with van der Waals surface area (Å²) < 4.78 is 0. The summed E-state index contributed by atoms with van der Waals surface area (Å²) in [6.45, 7) is 8.79. The molecule has 16 heavy (non-hydrogen) atoms. The lowest BCUT2D eigenvalue weighted by atomic mass is 10.1. The highest BCUT2D eigenvalue weighted by molar-refractivity contribution is 5.21. The second-order valence-electron chi connectivity index (χ2n) is 4.40. The van der Waals surface area contributed by atoms with Crippen LogP contribution in [-0.2, 0) is 6.42 Å². The zero-order chi connectivity index (χ0) is 12.2. The zero-order valence-electron chi connectivity index (χ0n) is 11.6. The summed E-state index contributed by atoms with van der Waals surface area (Å²) in [5, 5.41) is 0. The molecule has 0 saturated carbocycles. The molecule has 0 aliphatic heterocycles. The number of hydrogen-bond donors (Lipinski definition) is 0. The maximum Gasteiger partial charge on any atom is -0.0307 e. The quantitative estimate of drug-likeness (QED) is 0.572. The fraction of sp³-hybridized carbons (Fsp3) is 0.625. The van der Waals surface area contributed by atoms with Gasteiger partial charge in [-0.25, -0.2) is 0 Å². The van der Waals surface area contributed by atoms with Crippen molar-refractivity contribution in [1.29, 1.82) is 0 Å². The first kappa shape index (κ1) is 15.2. The van der Waals surface area contributed by atoms with Crippen molar-refractivity contribution in [1.82, 2.24) is 0 Å². The summed E-state index contributed by atoms with van der Waals surface area (Å²) in [4.78, 5) is 0. The van der Waals surface area contributed by atoms with Gasteiger partial charge in [-0.05, 0) is 18.9 Å². The van der Waals surface area contributed by atoms with Gasteiger partial charge in [0.2, 0.25) is 0 Å². The van der Waals surface area contributed by atoms with Gasteiger partial charge in [0.05, 0.1) is 0 Å². The van der Waals surface area contributed by atoms with Gasteiger partial charge < -0.3 is 0 Å². The van der Waals surface area contributed by atoms with Gasteiger partial charge in [0.1, 0.15) is 0 Å². The molecule has 0 unspecified atom stereocenters. The van der Waals surface area contributed by atoms with Gasteiger partial charge in [-0.2, -0.15) is 0 Å². The van der Waals surface area contributed by atoms with Crippen LogP contribution in [0.3, 0.4) is 0 Å². The fourth-order valence-electron chi connectivity index (χ4n) is 1.61. The van der Waals surface area contributed by atoms with E-state index in [-0.39, 0.29) is 0 Å². The Labute approximate surface area is 102 Å². The maximum atomic E-state index is 2.25. The highest BCUT2D eigenvalue weighted by atomic mass is 13.9. The molecule has 0 heteroatoms. The van der Waals surface area contributed by atoms with E-state index in [1.54, 1.807) is 0 Å². The molecule has 0 aliphatic carbocycles. The second-order valence-corrected chi connectivity index (χ2v) is 4.40. The van der Waals surface area contributed by atoms with Gasteiger partial charge in [-0.15, -0.1) is 0 Å². The minimum absolute atomic E-state index is 1.14. The molecule has 0 fully saturated rings. The Bertz CT molecular complexity index is 246. The van der Waals surface area contributed by atoms with E-state index < -0.39 is 0 Å². The Balaban J connectivity index is 0.000000293. The Morgan fingerprint density at radius 3 is 1.88 bits per heavy atom. The predicted octanol–water partition coefficient (Wildman–Crippen LogP) is 5.53. The van der Waals surface area contributed by atoms with Crippen molar-refractivity contribution in [3.63, 3.8) is 0 Å². The Hall–Kier alpha value is -0.780. The number of unbranched alkanes of at least 4 members (excludes halogenated alkanes) is 4. The van der Waals surface area contributed by atoms with Crippen LogP contribution >= 0.6 is 0 Å². The molecule has 1 aromatic carbocycles. The zero-order valence-corrected chi connectivity index (χ0v) is 11.6. The molecule has 0 bridgehead atoms. The first-order chi connectivity index (χ1) is 7.74. The highest BCUT2D eigenvalue weighted by Gasteiger charge is 1.85. The average Bonchev–Trinajstić information content (AvgIpc) is 2.31. The molecule has 1 rings (SSSR count). The summed E-state index contributed by atoms with van der Waals surface area (Å²) in [5.41, 5.74) is 2.78. The van der Waals surface area contributed by atoms with E-state index in [1.165, 1.54) is 43.2 Å². The average molecular weight is 220 g/mol. The lowest BCUT2D eigenvalue weighted by Crippen LogP contribution is -1.78. The largest absolute Gasteiger partial charge is 0.0654 e. The van der Waals surface area contributed by atoms with Crippen molar-refractivity contribution >= 4 is 0 Å². The van der Waals surface area contributed by atoms with Crippen molar-refractivity contribution in [2.24, 2.45) is 0 Å². The van der Waals surface area contributed by atoms with Gasteiger partial charge in [-0.1, -0.05) is 82.7 Å². The molecule has 0 radical (unpaired) electrons. The number of aryl methyl sites for hydroxylation is 2. The van der Waals surface area contributed by atoms with Crippen molar-refractivity contribution in [2.45, 2.75) is 66.2 Å². The van der Waals surface area contributed by atoms with Gasteiger partial charge >= 0.3 is 0 Å². The third-order valence-corrected chi connectivity index (χ3v) is 2.70. The first-order valence-corrected chi connectivity index (χ1v) is 6.80. The van der Waals surface area contributed by atoms with Gasteiger partial charge in [-0.3, -0.25) is 0 Å². The standard InChI is InChI=1S/C9H12.C7H16/c1-3-9-6-4-5-8(2)7-9;1-3-5-7-6-4-2/h4-7H,3H2,1-2H3;3-7H2,1-2H3. The number of hydrogen-bond acceptors (Lipinski definition) is 0. The molecule has 0 N–H and O–H groups in total. The van der Waals surface area contributed by atoms with Crippen LogP contribution in [0.1, 0.15) is 64.0 Å². The van der Waals surface area contributed by atoms with E-state index in [2.05, 4.69) is 52.0 Å².